The van der Waals surface area contributed by atoms with Gasteiger partial charge < -0.3 is 10.2 Å². The summed E-state index contributed by atoms with van der Waals surface area (Å²) in [5.41, 5.74) is 1.30. The summed E-state index contributed by atoms with van der Waals surface area (Å²) in [4.78, 5) is 17.5. The Hall–Kier alpha value is -1.91. The summed E-state index contributed by atoms with van der Waals surface area (Å²) in [6.45, 7) is 0. The Labute approximate surface area is 129 Å². The Morgan fingerprint density at radius 2 is 2.00 bits per heavy atom. The van der Waals surface area contributed by atoms with Crippen LogP contribution in [0, 0.1) is 5.82 Å². The van der Waals surface area contributed by atoms with Crippen molar-refractivity contribution >= 4 is 11.6 Å². The summed E-state index contributed by atoms with van der Waals surface area (Å²) >= 11 is 0. The van der Waals surface area contributed by atoms with Gasteiger partial charge in [-0.2, -0.15) is 0 Å². The number of oxime groups is 1. The molecule has 1 N–H and O–H groups in total. The zero-order chi connectivity index (χ0) is 15.4. The predicted octanol–water partition coefficient (Wildman–Crippen LogP) is 3.16. The highest BCUT2D eigenvalue weighted by molar-refractivity contribution is 6.04. The third-order valence-corrected chi connectivity index (χ3v) is 4.32. The number of nitrogens with one attached hydrogen (secondary N) is 1. The molecule has 1 aliphatic carbocycles. The molecule has 0 unspecified atom stereocenters. The van der Waals surface area contributed by atoms with Crippen LogP contribution in [0.15, 0.2) is 29.4 Å². The summed E-state index contributed by atoms with van der Waals surface area (Å²) in [6, 6.07) is 6.45. The third kappa shape index (κ3) is 3.64. The fourth-order valence-electron chi connectivity index (χ4n) is 3.07. The molecule has 1 atom stereocenters. The minimum atomic E-state index is -0.596. The van der Waals surface area contributed by atoms with Crippen LogP contribution in [0.2, 0.25) is 0 Å². The van der Waals surface area contributed by atoms with E-state index in [-0.39, 0.29) is 17.8 Å². The smallest absolute Gasteiger partial charge is 0.264 e. The van der Waals surface area contributed by atoms with Crippen molar-refractivity contribution in [2.45, 2.75) is 57.1 Å². The topological polar surface area (TPSA) is 50.7 Å². The summed E-state index contributed by atoms with van der Waals surface area (Å²) in [7, 11) is 0. The van der Waals surface area contributed by atoms with E-state index in [2.05, 4.69) is 10.5 Å². The van der Waals surface area contributed by atoms with E-state index in [1.54, 1.807) is 12.1 Å². The number of rotatable bonds is 3. The Kier molecular flexibility index (Phi) is 4.71. The number of benzene rings is 1. The summed E-state index contributed by atoms with van der Waals surface area (Å²) in [5, 5.41) is 7.02. The van der Waals surface area contributed by atoms with Crippen LogP contribution < -0.4 is 5.32 Å². The standard InChI is InChI=1S/C17H21FN2O2/c18-13-7-5-6-12(10-13)15-11-16(22-20-15)17(21)19-14-8-3-1-2-4-9-14/h5-7,10,14,16H,1-4,8-9,11H2,(H,19,21)/t16-/m1/s1. The van der Waals surface area contributed by atoms with Crippen LogP contribution in [0.3, 0.4) is 0 Å². The van der Waals surface area contributed by atoms with Gasteiger partial charge in [-0.3, -0.25) is 4.79 Å². The van der Waals surface area contributed by atoms with Crippen molar-refractivity contribution < 1.29 is 14.0 Å². The molecular formula is C17H21FN2O2. The highest BCUT2D eigenvalue weighted by Gasteiger charge is 2.30. The fourth-order valence-corrected chi connectivity index (χ4v) is 3.07. The van der Waals surface area contributed by atoms with Crippen LogP contribution in [0.5, 0.6) is 0 Å². The van der Waals surface area contributed by atoms with Gasteiger partial charge in [0.05, 0.1) is 5.71 Å². The van der Waals surface area contributed by atoms with Crippen molar-refractivity contribution in [3.8, 4) is 0 Å². The van der Waals surface area contributed by atoms with Crippen molar-refractivity contribution in [3.05, 3.63) is 35.6 Å². The van der Waals surface area contributed by atoms with Gasteiger partial charge in [0.1, 0.15) is 5.82 Å². The summed E-state index contributed by atoms with van der Waals surface area (Å²) in [6.07, 6.45) is 6.71. The molecular weight excluding hydrogens is 283 g/mol. The van der Waals surface area contributed by atoms with Crippen LogP contribution >= 0.6 is 0 Å². The number of nitrogens with zero attached hydrogens (tertiary/aromatic N) is 1. The molecule has 0 bridgehead atoms. The van der Waals surface area contributed by atoms with E-state index in [0.717, 1.165) is 12.8 Å². The number of carbonyl (C=O) groups is 1. The van der Waals surface area contributed by atoms with Gasteiger partial charge in [0.25, 0.3) is 5.91 Å². The second-order valence-electron chi connectivity index (χ2n) is 6.04. The highest BCUT2D eigenvalue weighted by Crippen LogP contribution is 2.20. The van der Waals surface area contributed by atoms with Gasteiger partial charge in [0.15, 0.2) is 0 Å². The normalized spacial score (nSPS) is 22.6. The molecule has 1 saturated carbocycles. The molecule has 4 nitrogen and oxygen atoms in total. The molecule has 5 heteroatoms. The Morgan fingerprint density at radius 1 is 1.23 bits per heavy atom. The molecule has 1 amide bonds. The van der Waals surface area contributed by atoms with Gasteiger partial charge in [-0.05, 0) is 25.0 Å². The molecule has 22 heavy (non-hydrogen) atoms. The van der Waals surface area contributed by atoms with Crippen LogP contribution in [0.4, 0.5) is 4.39 Å². The molecule has 0 spiro atoms. The average Bonchev–Trinajstić information content (AvgIpc) is 2.87. The second kappa shape index (κ2) is 6.90. The second-order valence-corrected chi connectivity index (χ2v) is 6.04. The van der Waals surface area contributed by atoms with Crippen LogP contribution in [-0.4, -0.2) is 23.8 Å². The maximum Gasteiger partial charge on any atom is 0.264 e. The number of hydrogen-bond acceptors (Lipinski definition) is 3. The lowest BCUT2D eigenvalue weighted by molar-refractivity contribution is -0.132. The number of hydrogen-bond donors (Lipinski definition) is 1. The van der Waals surface area contributed by atoms with E-state index >= 15 is 0 Å². The van der Waals surface area contributed by atoms with Crippen LogP contribution in [0.1, 0.15) is 50.5 Å². The number of carbonyl (C=O) groups excluding carboxylic acids is 1. The first kappa shape index (κ1) is 15.0. The lowest BCUT2D eigenvalue weighted by Gasteiger charge is -2.18. The largest absolute Gasteiger partial charge is 0.382 e. The Bertz CT molecular complexity index is 566. The van der Waals surface area contributed by atoms with Gasteiger partial charge in [-0.1, -0.05) is 43.0 Å². The first-order chi connectivity index (χ1) is 10.7. The molecule has 3 rings (SSSR count). The molecule has 0 aromatic heterocycles. The van der Waals surface area contributed by atoms with E-state index in [4.69, 9.17) is 4.84 Å². The van der Waals surface area contributed by atoms with E-state index in [1.807, 2.05) is 0 Å². The van der Waals surface area contributed by atoms with E-state index in [0.29, 0.717) is 17.7 Å². The Morgan fingerprint density at radius 3 is 2.73 bits per heavy atom. The Balaban J connectivity index is 1.55. The third-order valence-electron chi connectivity index (χ3n) is 4.32. The van der Waals surface area contributed by atoms with E-state index < -0.39 is 6.10 Å². The molecule has 0 saturated heterocycles. The maximum absolute atomic E-state index is 13.2. The first-order valence-corrected chi connectivity index (χ1v) is 8.01. The average molecular weight is 304 g/mol. The van der Waals surface area contributed by atoms with Crippen molar-refractivity contribution in [2.24, 2.45) is 5.16 Å². The molecule has 0 radical (unpaired) electrons. The fraction of sp³-hybridized carbons (Fsp3) is 0.529. The SMILES string of the molecule is O=C(NC1CCCCCC1)[C@H]1CC(c2cccc(F)c2)=NO1. The number of amides is 1. The quantitative estimate of drug-likeness (QED) is 0.872. The molecule has 118 valence electrons. The first-order valence-electron chi connectivity index (χ1n) is 8.01. The zero-order valence-corrected chi connectivity index (χ0v) is 12.6. The highest BCUT2D eigenvalue weighted by atomic mass is 19.1. The van der Waals surface area contributed by atoms with Crippen molar-refractivity contribution in [2.75, 3.05) is 0 Å². The summed E-state index contributed by atoms with van der Waals surface area (Å²) in [5.74, 6) is -0.423. The zero-order valence-electron chi connectivity index (χ0n) is 12.6. The molecule has 1 aromatic carbocycles. The van der Waals surface area contributed by atoms with Gasteiger partial charge in [-0.25, -0.2) is 4.39 Å². The lowest BCUT2D eigenvalue weighted by atomic mass is 10.0. The van der Waals surface area contributed by atoms with Crippen molar-refractivity contribution in [1.82, 2.24) is 5.32 Å². The van der Waals surface area contributed by atoms with Gasteiger partial charge in [-0.15, -0.1) is 0 Å². The maximum atomic E-state index is 13.2. The van der Waals surface area contributed by atoms with Crippen LogP contribution in [0.25, 0.3) is 0 Å². The van der Waals surface area contributed by atoms with Crippen molar-refractivity contribution in [3.63, 3.8) is 0 Å². The van der Waals surface area contributed by atoms with Gasteiger partial charge in [0.2, 0.25) is 6.10 Å². The van der Waals surface area contributed by atoms with E-state index in [9.17, 15) is 9.18 Å². The van der Waals surface area contributed by atoms with Gasteiger partial charge in [0, 0.05) is 18.0 Å². The van der Waals surface area contributed by atoms with Crippen LogP contribution in [-0.2, 0) is 9.63 Å². The molecule has 1 aromatic rings. The van der Waals surface area contributed by atoms with E-state index in [1.165, 1.54) is 37.8 Å². The number of halogens is 1. The molecule has 2 aliphatic rings. The lowest BCUT2D eigenvalue weighted by Crippen LogP contribution is -2.41. The minimum absolute atomic E-state index is 0.109. The summed E-state index contributed by atoms with van der Waals surface area (Å²) < 4.78 is 13.2. The van der Waals surface area contributed by atoms with Crippen molar-refractivity contribution in [1.29, 1.82) is 0 Å². The molecule has 1 heterocycles. The predicted molar refractivity (Wildman–Crippen MR) is 82.1 cm³/mol. The monoisotopic (exact) mass is 304 g/mol. The molecule has 1 aliphatic heterocycles. The molecule has 1 fully saturated rings. The van der Waals surface area contributed by atoms with Gasteiger partial charge >= 0.3 is 0 Å². The minimum Gasteiger partial charge on any atom is -0.382 e.